The SMILES string of the molecule is C[C@H](O)[C@@H](N)/C=C/C(=O)O. The lowest BCUT2D eigenvalue weighted by molar-refractivity contribution is -0.131. The molecule has 4 nitrogen and oxygen atoms in total. The number of nitrogens with two attached hydrogens (primary N) is 1. The van der Waals surface area contributed by atoms with Crippen LogP contribution in [0.4, 0.5) is 0 Å². The number of carboxylic acid groups (broad SMARTS) is 1. The van der Waals surface area contributed by atoms with Crippen LogP contribution in [0.2, 0.25) is 0 Å². The number of carboxylic acids is 1. The Morgan fingerprint density at radius 3 is 2.50 bits per heavy atom. The van der Waals surface area contributed by atoms with E-state index in [0.29, 0.717) is 0 Å². The van der Waals surface area contributed by atoms with E-state index >= 15 is 0 Å². The molecule has 2 atom stereocenters. The fraction of sp³-hybridized carbons (Fsp3) is 0.500. The van der Waals surface area contributed by atoms with Crippen molar-refractivity contribution in [3.8, 4) is 0 Å². The van der Waals surface area contributed by atoms with Gasteiger partial charge in [0.15, 0.2) is 0 Å². The Hall–Kier alpha value is -0.870. The van der Waals surface area contributed by atoms with Crippen LogP contribution < -0.4 is 5.73 Å². The molecular formula is C6H11NO3. The Balaban J connectivity index is 3.77. The number of aliphatic hydroxyl groups excluding tert-OH is 1. The number of rotatable bonds is 3. The van der Waals surface area contributed by atoms with Gasteiger partial charge in [-0.1, -0.05) is 6.08 Å². The summed E-state index contributed by atoms with van der Waals surface area (Å²) in [4.78, 5) is 9.90. The van der Waals surface area contributed by atoms with Gasteiger partial charge in [0, 0.05) is 12.1 Å². The molecule has 0 saturated heterocycles. The summed E-state index contributed by atoms with van der Waals surface area (Å²) in [5.41, 5.74) is 5.26. The van der Waals surface area contributed by atoms with Gasteiger partial charge in [-0.25, -0.2) is 4.79 Å². The Morgan fingerprint density at radius 2 is 2.20 bits per heavy atom. The van der Waals surface area contributed by atoms with E-state index in [9.17, 15) is 4.79 Å². The monoisotopic (exact) mass is 145 g/mol. The third-order valence-corrected chi connectivity index (χ3v) is 1.02. The standard InChI is InChI=1S/C6H11NO3/c1-4(8)5(7)2-3-6(9)10/h2-5,8H,7H2,1H3,(H,9,10)/b3-2+/t4-,5-/m0/s1. The Kier molecular flexibility index (Phi) is 3.68. The maximum absolute atomic E-state index is 9.90. The van der Waals surface area contributed by atoms with E-state index in [1.54, 1.807) is 0 Å². The summed E-state index contributed by atoms with van der Waals surface area (Å²) in [5.74, 6) is -1.06. The molecule has 4 N–H and O–H groups in total. The first-order valence-corrected chi connectivity index (χ1v) is 2.89. The zero-order chi connectivity index (χ0) is 8.15. The van der Waals surface area contributed by atoms with Crippen molar-refractivity contribution in [1.29, 1.82) is 0 Å². The van der Waals surface area contributed by atoms with E-state index in [0.717, 1.165) is 6.08 Å². The molecule has 0 aliphatic carbocycles. The van der Waals surface area contributed by atoms with Crippen molar-refractivity contribution in [2.75, 3.05) is 0 Å². The highest BCUT2D eigenvalue weighted by molar-refractivity contribution is 5.79. The third-order valence-electron chi connectivity index (χ3n) is 1.02. The number of hydrogen-bond donors (Lipinski definition) is 3. The van der Waals surface area contributed by atoms with Gasteiger partial charge >= 0.3 is 5.97 Å². The Labute approximate surface area is 59.0 Å². The minimum absolute atomic E-state index is 0.601. The molecule has 0 aliphatic rings. The predicted octanol–water partition coefficient (Wildman–Crippen LogP) is -0.665. The fourth-order valence-electron chi connectivity index (χ4n) is 0.354. The molecule has 0 saturated carbocycles. The number of aliphatic hydroxyl groups is 1. The van der Waals surface area contributed by atoms with Crippen molar-refractivity contribution in [3.63, 3.8) is 0 Å². The van der Waals surface area contributed by atoms with Crippen LogP contribution in [-0.4, -0.2) is 28.3 Å². The van der Waals surface area contributed by atoms with Crippen LogP contribution in [0.1, 0.15) is 6.92 Å². The van der Waals surface area contributed by atoms with Crippen molar-refractivity contribution in [1.82, 2.24) is 0 Å². The average molecular weight is 145 g/mol. The molecule has 0 aromatic rings. The van der Waals surface area contributed by atoms with E-state index in [1.807, 2.05) is 0 Å². The first-order chi connectivity index (χ1) is 4.54. The quantitative estimate of drug-likeness (QED) is 0.460. The minimum atomic E-state index is -1.06. The molecule has 0 heterocycles. The average Bonchev–Trinajstić information content (AvgIpc) is 1.82. The van der Waals surface area contributed by atoms with Gasteiger partial charge in [-0.2, -0.15) is 0 Å². The highest BCUT2D eigenvalue weighted by Gasteiger charge is 2.03. The lowest BCUT2D eigenvalue weighted by Gasteiger charge is -2.07. The number of hydrogen-bond acceptors (Lipinski definition) is 3. The molecule has 0 fully saturated rings. The lowest BCUT2D eigenvalue weighted by Crippen LogP contribution is -2.30. The van der Waals surface area contributed by atoms with E-state index < -0.39 is 18.1 Å². The normalized spacial score (nSPS) is 17.1. The van der Waals surface area contributed by atoms with Gasteiger partial charge in [0.1, 0.15) is 0 Å². The van der Waals surface area contributed by atoms with Crippen LogP contribution >= 0.6 is 0 Å². The summed E-state index contributed by atoms with van der Waals surface area (Å²) in [6, 6.07) is -0.601. The second-order valence-corrected chi connectivity index (χ2v) is 2.02. The van der Waals surface area contributed by atoms with E-state index in [2.05, 4.69) is 0 Å². The van der Waals surface area contributed by atoms with Crippen molar-refractivity contribution in [2.45, 2.75) is 19.1 Å². The van der Waals surface area contributed by atoms with Gasteiger partial charge in [0.2, 0.25) is 0 Å². The molecule has 0 aliphatic heterocycles. The molecule has 0 aromatic carbocycles. The molecule has 10 heavy (non-hydrogen) atoms. The van der Waals surface area contributed by atoms with Gasteiger partial charge in [-0.3, -0.25) is 0 Å². The maximum Gasteiger partial charge on any atom is 0.328 e. The minimum Gasteiger partial charge on any atom is -0.478 e. The van der Waals surface area contributed by atoms with Crippen molar-refractivity contribution < 1.29 is 15.0 Å². The number of carbonyl (C=O) groups is 1. The summed E-state index contributed by atoms with van der Waals surface area (Å²) in [6.07, 6.45) is 1.44. The largest absolute Gasteiger partial charge is 0.478 e. The summed E-state index contributed by atoms with van der Waals surface area (Å²) in [6.45, 7) is 1.50. The zero-order valence-electron chi connectivity index (χ0n) is 5.69. The van der Waals surface area contributed by atoms with Crippen LogP contribution in [0.5, 0.6) is 0 Å². The van der Waals surface area contributed by atoms with Gasteiger partial charge in [-0.15, -0.1) is 0 Å². The molecule has 0 rings (SSSR count). The highest BCUT2D eigenvalue weighted by Crippen LogP contribution is 1.89. The third kappa shape index (κ3) is 4.05. The fourth-order valence-corrected chi connectivity index (χ4v) is 0.354. The first kappa shape index (κ1) is 9.13. The topological polar surface area (TPSA) is 83.5 Å². The van der Waals surface area contributed by atoms with E-state index in [1.165, 1.54) is 13.0 Å². The van der Waals surface area contributed by atoms with Gasteiger partial charge in [0.25, 0.3) is 0 Å². The van der Waals surface area contributed by atoms with Crippen LogP contribution in [0.3, 0.4) is 0 Å². The van der Waals surface area contributed by atoms with Crippen LogP contribution in [0.15, 0.2) is 12.2 Å². The molecule has 4 heteroatoms. The second-order valence-electron chi connectivity index (χ2n) is 2.02. The summed E-state index contributed by atoms with van der Waals surface area (Å²) in [5, 5.41) is 16.9. The van der Waals surface area contributed by atoms with Crippen molar-refractivity contribution in [2.24, 2.45) is 5.73 Å². The molecule has 0 radical (unpaired) electrons. The summed E-state index contributed by atoms with van der Waals surface area (Å²) >= 11 is 0. The second kappa shape index (κ2) is 4.03. The molecule has 0 spiro atoms. The molecular weight excluding hydrogens is 134 g/mol. The Morgan fingerprint density at radius 1 is 1.70 bits per heavy atom. The first-order valence-electron chi connectivity index (χ1n) is 2.89. The van der Waals surface area contributed by atoms with E-state index in [-0.39, 0.29) is 0 Å². The highest BCUT2D eigenvalue weighted by atomic mass is 16.4. The molecule has 58 valence electrons. The maximum atomic E-state index is 9.90. The smallest absolute Gasteiger partial charge is 0.328 e. The van der Waals surface area contributed by atoms with Crippen LogP contribution in [0.25, 0.3) is 0 Å². The summed E-state index contributed by atoms with van der Waals surface area (Å²) in [7, 11) is 0. The molecule has 0 bridgehead atoms. The summed E-state index contributed by atoms with van der Waals surface area (Å²) < 4.78 is 0. The zero-order valence-corrected chi connectivity index (χ0v) is 5.69. The van der Waals surface area contributed by atoms with Gasteiger partial charge in [-0.05, 0) is 6.92 Å². The lowest BCUT2D eigenvalue weighted by atomic mass is 10.2. The van der Waals surface area contributed by atoms with Crippen molar-refractivity contribution >= 4 is 5.97 Å². The van der Waals surface area contributed by atoms with E-state index in [4.69, 9.17) is 15.9 Å². The van der Waals surface area contributed by atoms with Crippen LogP contribution in [-0.2, 0) is 4.79 Å². The molecule has 0 amide bonds. The number of aliphatic carboxylic acids is 1. The van der Waals surface area contributed by atoms with Crippen LogP contribution in [0, 0.1) is 0 Å². The van der Waals surface area contributed by atoms with Gasteiger partial charge in [0.05, 0.1) is 6.10 Å². The predicted molar refractivity (Wildman–Crippen MR) is 36.4 cm³/mol. The molecule has 0 unspecified atom stereocenters. The molecule has 0 aromatic heterocycles. The van der Waals surface area contributed by atoms with Crippen molar-refractivity contribution in [3.05, 3.63) is 12.2 Å². The Bertz CT molecular complexity index is 142. The van der Waals surface area contributed by atoms with Gasteiger partial charge < -0.3 is 15.9 Å².